The van der Waals surface area contributed by atoms with E-state index in [0.29, 0.717) is 6.54 Å². The predicted molar refractivity (Wildman–Crippen MR) is 77.8 cm³/mol. The number of amides is 1. The summed E-state index contributed by atoms with van der Waals surface area (Å²) in [6, 6.07) is 14.5. The van der Waals surface area contributed by atoms with E-state index in [9.17, 15) is 9.90 Å². The third-order valence-electron chi connectivity index (χ3n) is 2.68. The van der Waals surface area contributed by atoms with Crippen LogP contribution < -0.4 is 5.32 Å². The molecule has 98 valence electrons. The lowest BCUT2D eigenvalue weighted by atomic mass is 10.1. The van der Waals surface area contributed by atoms with Crippen molar-refractivity contribution in [3.63, 3.8) is 0 Å². The number of halogens is 1. The second kappa shape index (κ2) is 6.38. The average molecular weight is 320 g/mol. The quantitative estimate of drug-likeness (QED) is 0.910. The highest BCUT2D eigenvalue weighted by molar-refractivity contribution is 9.10. The molecule has 0 aliphatic heterocycles. The first-order valence-electron chi connectivity index (χ1n) is 5.92. The number of carbonyl (C=O) groups is 1. The van der Waals surface area contributed by atoms with Crippen LogP contribution in [0.3, 0.4) is 0 Å². The van der Waals surface area contributed by atoms with Crippen LogP contribution in [0.25, 0.3) is 0 Å². The van der Waals surface area contributed by atoms with Crippen LogP contribution in [0.15, 0.2) is 53.0 Å². The van der Waals surface area contributed by atoms with Crippen LogP contribution in [0.1, 0.15) is 11.1 Å². The van der Waals surface area contributed by atoms with E-state index in [-0.39, 0.29) is 18.1 Å². The van der Waals surface area contributed by atoms with E-state index >= 15 is 0 Å². The molecule has 0 aromatic heterocycles. The standard InChI is InChI=1S/C15H14BrNO2/c16-13-6-4-11(5-7-13)10-17-15(19)9-12-2-1-3-14(18)8-12/h1-8,18H,9-10H2,(H,17,19). The minimum absolute atomic E-state index is 0.0616. The van der Waals surface area contributed by atoms with E-state index in [1.165, 1.54) is 0 Å². The molecule has 0 unspecified atom stereocenters. The van der Waals surface area contributed by atoms with Crippen LogP contribution in [0, 0.1) is 0 Å². The number of hydrogen-bond acceptors (Lipinski definition) is 2. The summed E-state index contributed by atoms with van der Waals surface area (Å²) >= 11 is 3.37. The Morgan fingerprint density at radius 3 is 2.53 bits per heavy atom. The van der Waals surface area contributed by atoms with Crippen LogP contribution >= 0.6 is 15.9 Å². The summed E-state index contributed by atoms with van der Waals surface area (Å²) in [6.45, 7) is 0.505. The molecular formula is C15H14BrNO2. The van der Waals surface area contributed by atoms with Gasteiger partial charge in [0.05, 0.1) is 6.42 Å². The Balaban J connectivity index is 1.86. The zero-order valence-corrected chi connectivity index (χ0v) is 11.9. The van der Waals surface area contributed by atoms with E-state index in [0.717, 1.165) is 15.6 Å². The summed E-state index contributed by atoms with van der Waals surface area (Å²) in [5, 5.41) is 12.2. The van der Waals surface area contributed by atoms with E-state index in [4.69, 9.17) is 0 Å². The van der Waals surface area contributed by atoms with Gasteiger partial charge in [-0.1, -0.05) is 40.2 Å². The molecule has 19 heavy (non-hydrogen) atoms. The third-order valence-corrected chi connectivity index (χ3v) is 3.21. The van der Waals surface area contributed by atoms with Crippen molar-refractivity contribution in [2.24, 2.45) is 0 Å². The van der Waals surface area contributed by atoms with Crippen molar-refractivity contribution in [2.75, 3.05) is 0 Å². The zero-order valence-electron chi connectivity index (χ0n) is 10.3. The number of benzene rings is 2. The predicted octanol–water partition coefficient (Wildman–Crippen LogP) is 3.01. The lowest BCUT2D eigenvalue weighted by Gasteiger charge is -2.06. The van der Waals surface area contributed by atoms with Crippen LogP contribution in [0.4, 0.5) is 0 Å². The lowest BCUT2D eigenvalue weighted by molar-refractivity contribution is -0.120. The Morgan fingerprint density at radius 1 is 1.11 bits per heavy atom. The van der Waals surface area contributed by atoms with Crippen LogP contribution in [0.5, 0.6) is 5.75 Å². The van der Waals surface area contributed by atoms with Crippen molar-refractivity contribution in [2.45, 2.75) is 13.0 Å². The van der Waals surface area contributed by atoms with E-state index in [1.807, 2.05) is 30.3 Å². The number of carbonyl (C=O) groups excluding carboxylic acids is 1. The molecule has 2 aromatic rings. The van der Waals surface area contributed by atoms with Gasteiger partial charge >= 0.3 is 0 Å². The zero-order chi connectivity index (χ0) is 13.7. The smallest absolute Gasteiger partial charge is 0.224 e. The molecule has 0 bridgehead atoms. The maximum absolute atomic E-state index is 11.8. The highest BCUT2D eigenvalue weighted by Crippen LogP contribution is 2.12. The van der Waals surface area contributed by atoms with Gasteiger partial charge in [0.1, 0.15) is 5.75 Å². The molecule has 2 rings (SSSR count). The Hall–Kier alpha value is -1.81. The molecule has 0 heterocycles. The largest absolute Gasteiger partial charge is 0.508 e. The van der Waals surface area contributed by atoms with Gasteiger partial charge in [0, 0.05) is 11.0 Å². The fourth-order valence-electron chi connectivity index (χ4n) is 1.72. The Labute approximate surface area is 120 Å². The molecule has 0 aliphatic carbocycles. The molecule has 0 fully saturated rings. The molecule has 0 spiro atoms. The molecule has 2 N–H and O–H groups in total. The number of aromatic hydroxyl groups is 1. The van der Waals surface area contributed by atoms with E-state index < -0.39 is 0 Å². The fraction of sp³-hybridized carbons (Fsp3) is 0.133. The third kappa shape index (κ3) is 4.41. The van der Waals surface area contributed by atoms with Crippen molar-refractivity contribution in [1.29, 1.82) is 0 Å². The van der Waals surface area contributed by atoms with Crippen LogP contribution in [-0.4, -0.2) is 11.0 Å². The van der Waals surface area contributed by atoms with Crippen molar-refractivity contribution in [1.82, 2.24) is 5.32 Å². The van der Waals surface area contributed by atoms with Crippen LogP contribution in [-0.2, 0) is 17.8 Å². The van der Waals surface area contributed by atoms with Gasteiger partial charge in [0.25, 0.3) is 0 Å². The van der Waals surface area contributed by atoms with Crippen LogP contribution in [0.2, 0.25) is 0 Å². The maximum Gasteiger partial charge on any atom is 0.224 e. The monoisotopic (exact) mass is 319 g/mol. The highest BCUT2D eigenvalue weighted by atomic mass is 79.9. The molecule has 3 nitrogen and oxygen atoms in total. The van der Waals surface area contributed by atoms with Crippen molar-refractivity contribution in [3.05, 3.63) is 64.1 Å². The molecular weight excluding hydrogens is 306 g/mol. The molecule has 0 aliphatic rings. The van der Waals surface area contributed by atoms with E-state index in [1.54, 1.807) is 18.2 Å². The van der Waals surface area contributed by atoms with Gasteiger partial charge in [-0.3, -0.25) is 4.79 Å². The molecule has 2 aromatic carbocycles. The topological polar surface area (TPSA) is 49.3 Å². The lowest BCUT2D eigenvalue weighted by Crippen LogP contribution is -2.24. The average Bonchev–Trinajstić information content (AvgIpc) is 2.38. The van der Waals surface area contributed by atoms with Gasteiger partial charge in [-0.05, 0) is 35.4 Å². The number of phenolic OH excluding ortho intramolecular Hbond substituents is 1. The molecule has 0 saturated carbocycles. The summed E-state index contributed by atoms with van der Waals surface area (Å²) in [5.74, 6) is 0.117. The van der Waals surface area contributed by atoms with Gasteiger partial charge in [-0.2, -0.15) is 0 Å². The molecule has 4 heteroatoms. The van der Waals surface area contributed by atoms with Gasteiger partial charge in [-0.25, -0.2) is 0 Å². The fourth-order valence-corrected chi connectivity index (χ4v) is 1.98. The second-order valence-electron chi connectivity index (χ2n) is 4.25. The minimum atomic E-state index is -0.0616. The second-order valence-corrected chi connectivity index (χ2v) is 5.17. The minimum Gasteiger partial charge on any atom is -0.508 e. The summed E-state index contributed by atoms with van der Waals surface area (Å²) in [4.78, 5) is 11.8. The first-order chi connectivity index (χ1) is 9.13. The van der Waals surface area contributed by atoms with Gasteiger partial charge in [0.2, 0.25) is 5.91 Å². The number of nitrogens with one attached hydrogen (secondary N) is 1. The first kappa shape index (κ1) is 13.6. The molecule has 1 amide bonds. The number of hydrogen-bond donors (Lipinski definition) is 2. The Kier molecular flexibility index (Phi) is 4.58. The first-order valence-corrected chi connectivity index (χ1v) is 6.72. The molecule has 0 atom stereocenters. The number of phenols is 1. The number of rotatable bonds is 4. The summed E-state index contributed by atoms with van der Waals surface area (Å²) in [7, 11) is 0. The molecule has 0 saturated heterocycles. The highest BCUT2D eigenvalue weighted by Gasteiger charge is 2.04. The summed E-state index contributed by atoms with van der Waals surface area (Å²) < 4.78 is 1.02. The van der Waals surface area contributed by atoms with Gasteiger partial charge in [0.15, 0.2) is 0 Å². The van der Waals surface area contributed by atoms with Gasteiger partial charge < -0.3 is 10.4 Å². The van der Waals surface area contributed by atoms with Crippen molar-refractivity contribution >= 4 is 21.8 Å². The Morgan fingerprint density at radius 2 is 1.84 bits per heavy atom. The van der Waals surface area contributed by atoms with E-state index in [2.05, 4.69) is 21.2 Å². The molecule has 0 radical (unpaired) electrons. The van der Waals surface area contributed by atoms with Gasteiger partial charge in [-0.15, -0.1) is 0 Å². The summed E-state index contributed by atoms with van der Waals surface area (Å²) in [6.07, 6.45) is 0.269. The van der Waals surface area contributed by atoms with Crippen molar-refractivity contribution < 1.29 is 9.90 Å². The maximum atomic E-state index is 11.8. The normalized spacial score (nSPS) is 10.2. The SMILES string of the molecule is O=C(Cc1cccc(O)c1)NCc1ccc(Br)cc1. The van der Waals surface area contributed by atoms with Crippen molar-refractivity contribution in [3.8, 4) is 5.75 Å². The Bertz CT molecular complexity index is 567. The summed E-state index contributed by atoms with van der Waals surface area (Å²) in [5.41, 5.74) is 1.85.